The molecule has 0 fully saturated rings. The Morgan fingerprint density at radius 3 is 2.42 bits per heavy atom. The average Bonchev–Trinajstić information content (AvgIpc) is 2.39. The van der Waals surface area contributed by atoms with Gasteiger partial charge in [-0.05, 0) is 38.0 Å². The Balaban J connectivity index is 2.72. The Kier molecular flexibility index (Phi) is 6.89. The van der Waals surface area contributed by atoms with Crippen LogP contribution in [0.2, 0.25) is 5.02 Å². The van der Waals surface area contributed by atoms with Crippen molar-refractivity contribution in [1.82, 2.24) is 10.6 Å². The standard InChI is InChI=1S/C15H23ClN2O/c1-4-6-14(12-7-9-13(16)10-8-12)18-11(3)15(19)17-5-2/h7-11,14,18H,4-6H2,1-3H3,(H,17,19). The van der Waals surface area contributed by atoms with Gasteiger partial charge in [0, 0.05) is 17.6 Å². The van der Waals surface area contributed by atoms with Crippen molar-refractivity contribution in [3.8, 4) is 0 Å². The molecule has 1 amide bonds. The van der Waals surface area contributed by atoms with E-state index in [4.69, 9.17) is 11.6 Å². The lowest BCUT2D eigenvalue weighted by Gasteiger charge is -2.23. The number of amides is 1. The molecule has 0 bridgehead atoms. The monoisotopic (exact) mass is 282 g/mol. The summed E-state index contributed by atoms with van der Waals surface area (Å²) in [5.41, 5.74) is 1.17. The predicted molar refractivity (Wildman–Crippen MR) is 80.4 cm³/mol. The number of hydrogen-bond acceptors (Lipinski definition) is 2. The first-order valence-electron chi connectivity index (χ1n) is 6.87. The number of rotatable bonds is 7. The summed E-state index contributed by atoms with van der Waals surface area (Å²) in [7, 11) is 0. The van der Waals surface area contributed by atoms with Crippen molar-refractivity contribution in [1.29, 1.82) is 0 Å². The first kappa shape index (κ1) is 16.0. The molecule has 19 heavy (non-hydrogen) atoms. The highest BCUT2D eigenvalue weighted by Crippen LogP contribution is 2.21. The van der Waals surface area contributed by atoms with Crippen molar-refractivity contribution in [2.24, 2.45) is 0 Å². The molecule has 0 saturated heterocycles. The third-order valence-electron chi connectivity index (χ3n) is 3.05. The highest BCUT2D eigenvalue weighted by atomic mass is 35.5. The second-order valence-corrected chi connectivity index (χ2v) is 5.11. The number of carbonyl (C=O) groups is 1. The predicted octanol–water partition coefficient (Wildman–Crippen LogP) is 3.30. The van der Waals surface area contributed by atoms with Gasteiger partial charge in [0.15, 0.2) is 0 Å². The Hall–Kier alpha value is -1.06. The third kappa shape index (κ3) is 5.21. The van der Waals surface area contributed by atoms with E-state index in [9.17, 15) is 4.79 Å². The lowest BCUT2D eigenvalue weighted by Crippen LogP contribution is -2.43. The Morgan fingerprint density at radius 1 is 1.26 bits per heavy atom. The second-order valence-electron chi connectivity index (χ2n) is 4.68. The largest absolute Gasteiger partial charge is 0.355 e. The molecule has 0 aliphatic rings. The lowest BCUT2D eigenvalue weighted by atomic mass is 10.0. The summed E-state index contributed by atoms with van der Waals surface area (Å²) in [5, 5.41) is 6.95. The number of benzene rings is 1. The summed E-state index contributed by atoms with van der Waals surface area (Å²) in [6.45, 7) is 6.61. The molecule has 2 atom stereocenters. The van der Waals surface area contributed by atoms with Gasteiger partial charge in [0.2, 0.25) is 5.91 Å². The molecular formula is C15H23ClN2O. The zero-order valence-corrected chi connectivity index (χ0v) is 12.6. The normalized spacial score (nSPS) is 13.9. The van der Waals surface area contributed by atoms with E-state index in [1.807, 2.05) is 38.1 Å². The van der Waals surface area contributed by atoms with Crippen molar-refractivity contribution in [2.45, 2.75) is 45.7 Å². The fourth-order valence-electron chi connectivity index (χ4n) is 2.03. The summed E-state index contributed by atoms with van der Waals surface area (Å²) in [4.78, 5) is 11.8. The molecule has 2 unspecified atom stereocenters. The SMILES string of the molecule is CCCC(NC(C)C(=O)NCC)c1ccc(Cl)cc1. The fraction of sp³-hybridized carbons (Fsp3) is 0.533. The van der Waals surface area contributed by atoms with Crippen molar-refractivity contribution in [2.75, 3.05) is 6.54 Å². The number of nitrogens with one attached hydrogen (secondary N) is 2. The summed E-state index contributed by atoms with van der Waals surface area (Å²) in [6, 6.07) is 7.78. The van der Waals surface area contributed by atoms with Crippen LogP contribution in [-0.4, -0.2) is 18.5 Å². The van der Waals surface area contributed by atoms with E-state index in [-0.39, 0.29) is 18.0 Å². The van der Waals surface area contributed by atoms with Crippen LogP contribution >= 0.6 is 11.6 Å². The summed E-state index contributed by atoms with van der Waals surface area (Å²) in [6.07, 6.45) is 2.05. The highest BCUT2D eigenvalue weighted by Gasteiger charge is 2.18. The lowest BCUT2D eigenvalue weighted by molar-refractivity contribution is -0.122. The van der Waals surface area contributed by atoms with Crippen molar-refractivity contribution in [3.63, 3.8) is 0 Å². The molecular weight excluding hydrogens is 260 g/mol. The van der Waals surface area contributed by atoms with Crippen LogP contribution in [-0.2, 0) is 4.79 Å². The van der Waals surface area contributed by atoms with Crippen LogP contribution in [0.1, 0.15) is 45.2 Å². The van der Waals surface area contributed by atoms with E-state index >= 15 is 0 Å². The van der Waals surface area contributed by atoms with Crippen LogP contribution in [0, 0.1) is 0 Å². The number of carbonyl (C=O) groups excluding carboxylic acids is 1. The van der Waals surface area contributed by atoms with Crippen molar-refractivity contribution >= 4 is 17.5 Å². The van der Waals surface area contributed by atoms with E-state index in [0.717, 1.165) is 17.9 Å². The summed E-state index contributed by atoms with van der Waals surface area (Å²) in [5.74, 6) is 0.0394. The van der Waals surface area contributed by atoms with Gasteiger partial charge in [0.1, 0.15) is 0 Å². The van der Waals surface area contributed by atoms with E-state index in [1.54, 1.807) is 0 Å². The second kappa shape index (κ2) is 8.18. The van der Waals surface area contributed by atoms with Crippen LogP contribution in [0.3, 0.4) is 0 Å². The minimum atomic E-state index is -0.202. The molecule has 0 saturated carbocycles. The molecule has 1 aromatic carbocycles. The Morgan fingerprint density at radius 2 is 1.89 bits per heavy atom. The minimum absolute atomic E-state index is 0.0394. The zero-order valence-electron chi connectivity index (χ0n) is 11.9. The maximum Gasteiger partial charge on any atom is 0.236 e. The number of likely N-dealkylation sites (N-methyl/N-ethyl adjacent to an activating group) is 1. The van der Waals surface area contributed by atoms with E-state index in [0.29, 0.717) is 6.54 Å². The topological polar surface area (TPSA) is 41.1 Å². The first-order chi connectivity index (χ1) is 9.08. The minimum Gasteiger partial charge on any atom is -0.355 e. The van der Waals surface area contributed by atoms with Gasteiger partial charge in [0.25, 0.3) is 0 Å². The molecule has 106 valence electrons. The Labute approximate surface area is 120 Å². The van der Waals surface area contributed by atoms with Gasteiger partial charge in [-0.15, -0.1) is 0 Å². The summed E-state index contributed by atoms with van der Waals surface area (Å²) < 4.78 is 0. The Bertz CT molecular complexity index is 392. The maximum absolute atomic E-state index is 11.8. The van der Waals surface area contributed by atoms with Gasteiger partial charge in [-0.3, -0.25) is 10.1 Å². The van der Waals surface area contributed by atoms with Crippen LogP contribution in [0.15, 0.2) is 24.3 Å². The van der Waals surface area contributed by atoms with E-state index in [2.05, 4.69) is 17.6 Å². The molecule has 0 aliphatic carbocycles. The molecule has 0 spiro atoms. The fourth-order valence-corrected chi connectivity index (χ4v) is 2.16. The van der Waals surface area contributed by atoms with Gasteiger partial charge < -0.3 is 5.32 Å². The van der Waals surface area contributed by atoms with Gasteiger partial charge in [-0.1, -0.05) is 37.1 Å². The molecule has 1 aromatic rings. The van der Waals surface area contributed by atoms with Crippen LogP contribution < -0.4 is 10.6 Å². The van der Waals surface area contributed by atoms with Gasteiger partial charge >= 0.3 is 0 Å². The van der Waals surface area contributed by atoms with Crippen LogP contribution in [0.4, 0.5) is 0 Å². The zero-order chi connectivity index (χ0) is 14.3. The maximum atomic E-state index is 11.8. The van der Waals surface area contributed by atoms with Crippen LogP contribution in [0.5, 0.6) is 0 Å². The first-order valence-corrected chi connectivity index (χ1v) is 7.25. The third-order valence-corrected chi connectivity index (χ3v) is 3.30. The molecule has 2 N–H and O–H groups in total. The van der Waals surface area contributed by atoms with E-state index in [1.165, 1.54) is 5.56 Å². The van der Waals surface area contributed by atoms with Gasteiger partial charge in [-0.25, -0.2) is 0 Å². The average molecular weight is 283 g/mol. The van der Waals surface area contributed by atoms with E-state index < -0.39 is 0 Å². The molecule has 0 heterocycles. The molecule has 3 nitrogen and oxygen atoms in total. The van der Waals surface area contributed by atoms with Gasteiger partial charge in [0.05, 0.1) is 6.04 Å². The van der Waals surface area contributed by atoms with Crippen LogP contribution in [0.25, 0.3) is 0 Å². The smallest absolute Gasteiger partial charge is 0.236 e. The highest BCUT2D eigenvalue weighted by molar-refractivity contribution is 6.30. The van der Waals surface area contributed by atoms with Crippen molar-refractivity contribution < 1.29 is 4.79 Å². The number of halogens is 1. The quantitative estimate of drug-likeness (QED) is 0.806. The molecule has 4 heteroatoms. The molecule has 0 aromatic heterocycles. The van der Waals surface area contributed by atoms with Crippen molar-refractivity contribution in [3.05, 3.63) is 34.9 Å². The molecule has 0 radical (unpaired) electrons. The molecule has 0 aliphatic heterocycles. The molecule has 1 rings (SSSR count). The number of hydrogen-bond donors (Lipinski definition) is 2. The summed E-state index contributed by atoms with van der Waals surface area (Å²) >= 11 is 5.91. The van der Waals surface area contributed by atoms with Gasteiger partial charge in [-0.2, -0.15) is 0 Å².